The third-order valence-corrected chi connectivity index (χ3v) is 3.66. The second kappa shape index (κ2) is 2.63. The number of sulfone groups is 1. The lowest BCUT2D eigenvalue weighted by Crippen LogP contribution is -2.37. The molecule has 80 valence electrons. The van der Waals surface area contributed by atoms with E-state index < -0.39 is 31.9 Å². The van der Waals surface area contributed by atoms with Crippen LogP contribution in [0.1, 0.15) is 6.92 Å². The van der Waals surface area contributed by atoms with Crippen molar-refractivity contribution >= 4 is 21.6 Å². The summed E-state index contributed by atoms with van der Waals surface area (Å²) in [6, 6.07) is 0. The summed E-state index contributed by atoms with van der Waals surface area (Å²) in [5, 5.41) is 9.47. The molecule has 1 amide bonds. The number of carbonyl (C=O) groups excluding carboxylic acids is 1. The molecule has 2 rings (SSSR count). The van der Waals surface area contributed by atoms with Crippen molar-refractivity contribution in [2.24, 2.45) is 4.99 Å². The summed E-state index contributed by atoms with van der Waals surface area (Å²) >= 11 is 0. The Hall–Kier alpha value is -1.77. The van der Waals surface area contributed by atoms with E-state index in [1.54, 1.807) is 0 Å². The first kappa shape index (κ1) is 9.77. The maximum absolute atomic E-state index is 11.4. The van der Waals surface area contributed by atoms with Gasteiger partial charge in [-0.3, -0.25) is 4.79 Å². The molecule has 0 saturated heterocycles. The summed E-state index contributed by atoms with van der Waals surface area (Å²) in [6.07, 6.45) is 0. The maximum Gasteiger partial charge on any atom is 0.337 e. The Morgan fingerprint density at radius 1 is 1.60 bits per heavy atom. The van der Waals surface area contributed by atoms with E-state index >= 15 is 0 Å². The summed E-state index contributed by atoms with van der Waals surface area (Å²) in [4.78, 5) is 25.1. The molecule has 0 aliphatic carbocycles. The van der Waals surface area contributed by atoms with Crippen molar-refractivity contribution < 1.29 is 18.1 Å². The quantitative estimate of drug-likeness (QED) is 0.426. The van der Waals surface area contributed by atoms with Crippen LogP contribution in [0.3, 0.4) is 0 Å². The van der Waals surface area contributed by atoms with Crippen molar-refractivity contribution in [2.75, 3.05) is 0 Å². The third kappa shape index (κ3) is 1.16. The first-order chi connectivity index (χ1) is 6.84. The molecule has 0 bridgehead atoms. The van der Waals surface area contributed by atoms with Crippen molar-refractivity contribution in [3.8, 4) is 0 Å². The van der Waals surface area contributed by atoms with E-state index in [1.807, 2.05) is 0 Å². The van der Waals surface area contributed by atoms with E-state index in [4.69, 9.17) is 0 Å². The van der Waals surface area contributed by atoms with E-state index in [2.05, 4.69) is 4.99 Å². The van der Waals surface area contributed by atoms with Gasteiger partial charge < -0.3 is 10.1 Å². The highest BCUT2D eigenvalue weighted by Crippen LogP contribution is 2.30. The summed E-state index contributed by atoms with van der Waals surface area (Å²) in [5.41, 5.74) is 0. The molecular formula is C6H5N3O5S. The van der Waals surface area contributed by atoms with E-state index in [9.17, 15) is 23.3 Å². The van der Waals surface area contributed by atoms with Gasteiger partial charge in [-0.1, -0.05) is 0 Å². The molecule has 0 radical (unpaired) electrons. The van der Waals surface area contributed by atoms with Gasteiger partial charge >= 0.3 is 11.7 Å². The summed E-state index contributed by atoms with van der Waals surface area (Å²) in [5.74, 6) is -1.50. The van der Waals surface area contributed by atoms with Gasteiger partial charge in [0.1, 0.15) is 5.41 Å². The van der Waals surface area contributed by atoms with Crippen molar-refractivity contribution in [3.63, 3.8) is 0 Å². The maximum atomic E-state index is 11.4. The fourth-order valence-corrected chi connectivity index (χ4v) is 3.03. The molecule has 0 spiro atoms. The number of aliphatic imine (C=N–C) groups is 1. The average molecular weight is 231 g/mol. The lowest BCUT2D eigenvalue weighted by Gasteiger charge is -2.10. The van der Waals surface area contributed by atoms with Crippen molar-refractivity contribution in [1.82, 2.24) is 4.90 Å². The number of nitro groups is 1. The van der Waals surface area contributed by atoms with Gasteiger partial charge in [0.2, 0.25) is 9.84 Å². The van der Waals surface area contributed by atoms with Gasteiger partial charge in [-0.2, -0.15) is 9.89 Å². The van der Waals surface area contributed by atoms with E-state index in [-0.39, 0.29) is 5.84 Å². The van der Waals surface area contributed by atoms with Crippen LogP contribution in [0.5, 0.6) is 0 Å². The molecule has 2 aliphatic heterocycles. The molecule has 15 heavy (non-hydrogen) atoms. The van der Waals surface area contributed by atoms with Crippen LogP contribution < -0.4 is 0 Å². The van der Waals surface area contributed by atoms with Crippen LogP contribution in [-0.2, 0) is 14.6 Å². The number of amides is 1. The van der Waals surface area contributed by atoms with Crippen molar-refractivity contribution in [2.45, 2.75) is 12.3 Å². The number of amidine groups is 1. The van der Waals surface area contributed by atoms with Crippen LogP contribution in [0.2, 0.25) is 0 Å². The Morgan fingerprint density at radius 2 is 2.20 bits per heavy atom. The largest absolute Gasteiger partial charge is 0.358 e. The highest BCUT2D eigenvalue weighted by atomic mass is 32.2. The van der Waals surface area contributed by atoms with Crippen LogP contribution in [0.15, 0.2) is 16.2 Å². The first-order valence-corrected chi connectivity index (χ1v) is 5.44. The SMILES string of the molecule is CC1=NC(=O)C2N1C([N+](=O)[O-])=CS2(=O)=O. The zero-order valence-corrected chi connectivity index (χ0v) is 8.26. The van der Waals surface area contributed by atoms with Crippen molar-refractivity contribution in [1.29, 1.82) is 0 Å². The smallest absolute Gasteiger partial charge is 0.337 e. The van der Waals surface area contributed by atoms with Crippen LogP contribution >= 0.6 is 0 Å². The monoisotopic (exact) mass is 231 g/mol. The zero-order chi connectivity index (χ0) is 11.4. The molecule has 0 aromatic heterocycles. The molecule has 2 heterocycles. The number of hydrogen-bond acceptors (Lipinski definition) is 6. The standard InChI is InChI=1S/C6H5N3O5S/c1-3-7-5(10)6-8(3)4(9(11)12)2-15(6,13)14/h2,6H,1H3. The van der Waals surface area contributed by atoms with Crippen LogP contribution in [0, 0.1) is 10.1 Å². The Bertz CT molecular complexity index is 531. The average Bonchev–Trinajstić information content (AvgIpc) is 2.51. The molecule has 0 saturated carbocycles. The lowest BCUT2D eigenvalue weighted by molar-refractivity contribution is -0.440. The Balaban J connectivity index is 2.61. The van der Waals surface area contributed by atoms with E-state index in [1.165, 1.54) is 6.92 Å². The predicted octanol–water partition coefficient (Wildman–Crippen LogP) is -0.923. The minimum atomic E-state index is -3.94. The summed E-state index contributed by atoms with van der Waals surface area (Å²) in [7, 11) is -3.94. The zero-order valence-electron chi connectivity index (χ0n) is 7.45. The Kier molecular flexibility index (Phi) is 1.71. The summed E-state index contributed by atoms with van der Waals surface area (Å²) in [6.45, 7) is 1.34. The molecule has 2 aliphatic rings. The highest BCUT2D eigenvalue weighted by molar-refractivity contribution is 7.95. The van der Waals surface area contributed by atoms with Gasteiger partial charge in [0, 0.05) is 6.92 Å². The molecule has 0 aromatic rings. The minimum absolute atomic E-state index is 0.0222. The second-order valence-corrected chi connectivity index (χ2v) is 4.90. The van der Waals surface area contributed by atoms with E-state index in [0.717, 1.165) is 4.90 Å². The van der Waals surface area contributed by atoms with Gasteiger partial charge in [0.15, 0.2) is 5.84 Å². The van der Waals surface area contributed by atoms with Gasteiger partial charge in [-0.15, -0.1) is 0 Å². The fourth-order valence-electron chi connectivity index (χ4n) is 1.52. The third-order valence-electron chi connectivity index (χ3n) is 2.08. The number of rotatable bonds is 1. The molecule has 8 nitrogen and oxygen atoms in total. The number of hydrogen-bond donors (Lipinski definition) is 0. The highest BCUT2D eigenvalue weighted by Gasteiger charge is 2.56. The van der Waals surface area contributed by atoms with Crippen LogP contribution in [0.4, 0.5) is 0 Å². The van der Waals surface area contributed by atoms with Crippen LogP contribution in [-0.4, -0.2) is 35.4 Å². The van der Waals surface area contributed by atoms with Gasteiger partial charge in [-0.25, -0.2) is 8.42 Å². The lowest BCUT2D eigenvalue weighted by atomic mass is 10.5. The molecular weight excluding hydrogens is 226 g/mol. The fraction of sp³-hybridized carbons (Fsp3) is 0.333. The normalized spacial score (nSPS) is 27.4. The molecule has 9 heteroatoms. The second-order valence-electron chi connectivity index (χ2n) is 3.04. The Labute approximate surface area is 84.0 Å². The van der Waals surface area contributed by atoms with Gasteiger partial charge in [0.25, 0.3) is 5.37 Å². The van der Waals surface area contributed by atoms with Gasteiger partial charge in [0.05, 0.1) is 0 Å². The molecule has 0 aromatic carbocycles. The minimum Gasteiger partial charge on any atom is -0.358 e. The van der Waals surface area contributed by atoms with E-state index in [0.29, 0.717) is 5.41 Å². The molecule has 1 unspecified atom stereocenters. The topological polar surface area (TPSA) is 110 Å². The van der Waals surface area contributed by atoms with Gasteiger partial charge in [-0.05, 0) is 4.92 Å². The Morgan fingerprint density at radius 3 is 2.73 bits per heavy atom. The number of fused-ring (bicyclic) bond motifs is 1. The number of carbonyl (C=O) groups is 1. The summed E-state index contributed by atoms with van der Waals surface area (Å²) < 4.78 is 22.8. The molecule has 1 atom stereocenters. The number of nitrogens with zero attached hydrogens (tertiary/aromatic N) is 3. The molecule has 0 fully saturated rings. The first-order valence-electron chi connectivity index (χ1n) is 3.83. The van der Waals surface area contributed by atoms with Crippen LogP contribution in [0.25, 0.3) is 0 Å². The van der Waals surface area contributed by atoms with Crippen molar-refractivity contribution in [3.05, 3.63) is 21.3 Å². The molecule has 0 N–H and O–H groups in total. The predicted molar refractivity (Wildman–Crippen MR) is 47.7 cm³/mol.